The molecular weight excluding hydrogens is 428 g/mol. The van der Waals surface area contributed by atoms with E-state index in [9.17, 15) is 13.6 Å². The van der Waals surface area contributed by atoms with Gasteiger partial charge in [-0.2, -0.15) is 0 Å². The van der Waals surface area contributed by atoms with Gasteiger partial charge in [-0.3, -0.25) is 14.6 Å². The van der Waals surface area contributed by atoms with Gasteiger partial charge in [0, 0.05) is 30.1 Å². The van der Waals surface area contributed by atoms with Gasteiger partial charge in [0.1, 0.15) is 11.6 Å². The Bertz CT molecular complexity index is 1010. The molecule has 1 aromatic heterocycles. The lowest BCUT2D eigenvalue weighted by atomic mass is 10.1. The number of thiophene rings is 1. The number of halogens is 2. The molecule has 32 heavy (non-hydrogen) atoms. The first-order valence-corrected chi connectivity index (χ1v) is 11.7. The number of amides is 1. The lowest BCUT2D eigenvalue weighted by Gasteiger charge is -2.23. The van der Waals surface area contributed by atoms with Crippen LogP contribution in [0, 0.1) is 11.6 Å². The van der Waals surface area contributed by atoms with Gasteiger partial charge in [-0.25, -0.2) is 8.78 Å². The Morgan fingerprint density at radius 2 is 1.69 bits per heavy atom. The highest BCUT2D eigenvalue weighted by Gasteiger charge is 2.22. The van der Waals surface area contributed by atoms with Gasteiger partial charge >= 0.3 is 0 Å². The fourth-order valence-electron chi connectivity index (χ4n) is 4.05. The third-order valence-corrected chi connectivity index (χ3v) is 6.67. The summed E-state index contributed by atoms with van der Waals surface area (Å²) in [6, 6.07) is 16.8. The molecule has 1 N–H and O–H groups in total. The van der Waals surface area contributed by atoms with Crippen molar-refractivity contribution in [1.29, 1.82) is 0 Å². The fourth-order valence-corrected chi connectivity index (χ4v) is 4.85. The summed E-state index contributed by atoms with van der Waals surface area (Å²) in [5.74, 6) is -0.529. The molecule has 2 aromatic carbocycles. The zero-order chi connectivity index (χ0) is 22.3. The van der Waals surface area contributed by atoms with E-state index >= 15 is 0 Å². The smallest absolute Gasteiger partial charge is 0.234 e. The standard InChI is InChI=1S/C25H27F2N3OS/c26-21-10-8-19(9-11-21)25(23-7-3-16-32-23)28-24(31)18-30-13-4-12-29(14-15-30)17-20-5-1-2-6-22(20)27/h1-3,5-11,16,25H,4,12-15,17-18H2,(H,28,31). The van der Waals surface area contributed by atoms with E-state index in [0.29, 0.717) is 18.7 Å². The Hall–Kier alpha value is -2.61. The van der Waals surface area contributed by atoms with Gasteiger partial charge in [-0.15, -0.1) is 11.3 Å². The number of hydrogen-bond donors (Lipinski definition) is 1. The van der Waals surface area contributed by atoms with Crippen molar-refractivity contribution < 1.29 is 13.6 Å². The average Bonchev–Trinajstić information content (AvgIpc) is 3.23. The molecule has 2 heterocycles. The SMILES string of the molecule is O=C(CN1CCCN(Cc2ccccc2F)CC1)NC(c1ccc(F)cc1)c1cccs1. The molecule has 1 fully saturated rings. The number of carbonyl (C=O) groups excluding carboxylic acids is 1. The van der Waals surface area contributed by atoms with Gasteiger partial charge in [0.25, 0.3) is 0 Å². The van der Waals surface area contributed by atoms with Gasteiger partial charge < -0.3 is 5.32 Å². The largest absolute Gasteiger partial charge is 0.343 e. The van der Waals surface area contributed by atoms with Crippen molar-refractivity contribution in [3.05, 3.63) is 93.7 Å². The van der Waals surface area contributed by atoms with Crippen LogP contribution < -0.4 is 5.32 Å². The zero-order valence-corrected chi connectivity index (χ0v) is 18.7. The molecule has 4 nitrogen and oxygen atoms in total. The third kappa shape index (κ3) is 6.00. The maximum Gasteiger partial charge on any atom is 0.234 e. The lowest BCUT2D eigenvalue weighted by Crippen LogP contribution is -2.40. The van der Waals surface area contributed by atoms with Crippen molar-refractivity contribution in [1.82, 2.24) is 15.1 Å². The summed E-state index contributed by atoms with van der Waals surface area (Å²) in [4.78, 5) is 18.3. The van der Waals surface area contributed by atoms with Crippen LogP contribution in [0.3, 0.4) is 0 Å². The number of carbonyl (C=O) groups is 1. The van der Waals surface area contributed by atoms with Crippen LogP contribution in [0.5, 0.6) is 0 Å². The summed E-state index contributed by atoms with van der Waals surface area (Å²) in [5, 5.41) is 5.09. The maximum atomic E-state index is 14.0. The number of benzene rings is 2. The number of hydrogen-bond acceptors (Lipinski definition) is 4. The fraction of sp³-hybridized carbons (Fsp3) is 0.320. The van der Waals surface area contributed by atoms with Gasteiger partial charge in [-0.1, -0.05) is 36.4 Å². The predicted molar refractivity (Wildman–Crippen MR) is 123 cm³/mol. The molecule has 1 aliphatic heterocycles. The number of nitrogens with one attached hydrogen (secondary N) is 1. The summed E-state index contributed by atoms with van der Waals surface area (Å²) in [5.41, 5.74) is 1.56. The van der Waals surface area contributed by atoms with Gasteiger partial charge in [0.15, 0.2) is 0 Å². The van der Waals surface area contributed by atoms with E-state index in [1.165, 1.54) is 18.2 Å². The second-order valence-corrected chi connectivity index (χ2v) is 9.04. The monoisotopic (exact) mass is 455 g/mol. The molecule has 0 aliphatic carbocycles. The maximum absolute atomic E-state index is 14.0. The van der Waals surface area contributed by atoms with Crippen molar-refractivity contribution in [2.75, 3.05) is 32.7 Å². The summed E-state index contributed by atoms with van der Waals surface area (Å²) >= 11 is 1.56. The molecule has 168 valence electrons. The van der Waals surface area contributed by atoms with Crippen molar-refractivity contribution >= 4 is 17.2 Å². The summed E-state index contributed by atoms with van der Waals surface area (Å²) < 4.78 is 27.4. The Kier molecular flexibility index (Phi) is 7.63. The molecule has 1 amide bonds. The molecule has 0 saturated carbocycles. The van der Waals surface area contributed by atoms with Crippen LogP contribution in [0.4, 0.5) is 8.78 Å². The molecule has 1 saturated heterocycles. The van der Waals surface area contributed by atoms with Gasteiger partial charge in [-0.05, 0) is 54.7 Å². The number of nitrogens with zero attached hydrogens (tertiary/aromatic N) is 2. The van der Waals surface area contributed by atoms with E-state index in [-0.39, 0.29) is 23.6 Å². The van der Waals surface area contributed by atoms with E-state index in [4.69, 9.17) is 0 Å². The quantitative estimate of drug-likeness (QED) is 0.572. The molecule has 0 radical (unpaired) electrons. The Morgan fingerprint density at radius 1 is 0.938 bits per heavy atom. The van der Waals surface area contributed by atoms with Crippen molar-refractivity contribution in [2.45, 2.75) is 19.0 Å². The minimum Gasteiger partial charge on any atom is -0.343 e. The molecule has 0 spiro atoms. The number of rotatable bonds is 7. The van der Waals surface area contributed by atoms with Crippen LogP contribution in [-0.2, 0) is 11.3 Å². The molecule has 1 unspecified atom stereocenters. The summed E-state index contributed by atoms with van der Waals surface area (Å²) in [7, 11) is 0. The van der Waals surface area contributed by atoms with E-state index in [2.05, 4.69) is 15.1 Å². The molecular formula is C25H27F2N3OS. The van der Waals surface area contributed by atoms with Crippen LogP contribution in [0.1, 0.15) is 28.5 Å². The first kappa shape index (κ1) is 22.6. The highest BCUT2D eigenvalue weighted by atomic mass is 32.1. The second-order valence-electron chi connectivity index (χ2n) is 8.06. The highest BCUT2D eigenvalue weighted by molar-refractivity contribution is 7.10. The molecule has 7 heteroatoms. The van der Waals surface area contributed by atoms with E-state index in [1.54, 1.807) is 29.5 Å². The average molecular weight is 456 g/mol. The van der Waals surface area contributed by atoms with Crippen LogP contribution in [0.15, 0.2) is 66.0 Å². The van der Waals surface area contributed by atoms with Crippen molar-refractivity contribution in [2.24, 2.45) is 0 Å². The second kappa shape index (κ2) is 10.8. The zero-order valence-electron chi connectivity index (χ0n) is 17.8. The predicted octanol–water partition coefficient (Wildman–Crippen LogP) is 4.44. The molecule has 0 bridgehead atoms. The molecule has 4 rings (SSSR count). The van der Waals surface area contributed by atoms with Gasteiger partial charge in [0.2, 0.25) is 5.91 Å². The molecule has 1 atom stereocenters. The minimum atomic E-state index is -0.298. The molecule has 3 aromatic rings. The highest BCUT2D eigenvalue weighted by Crippen LogP contribution is 2.26. The topological polar surface area (TPSA) is 35.6 Å². The van der Waals surface area contributed by atoms with Crippen LogP contribution in [-0.4, -0.2) is 48.4 Å². The van der Waals surface area contributed by atoms with E-state index in [1.807, 2.05) is 29.6 Å². The lowest BCUT2D eigenvalue weighted by molar-refractivity contribution is -0.122. The van der Waals surface area contributed by atoms with Crippen LogP contribution >= 0.6 is 11.3 Å². The van der Waals surface area contributed by atoms with E-state index < -0.39 is 0 Å². The third-order valence-electron chi connectivity index (χ3n) is 5.74. The van der Waals surface area contributed by atoms with Crippen molar-refractivity contribution in [3.63, 3.8) is 0 Å². The summed E-state index contributed by atoms with van der Waals surface area (Å²) in [6.07, 6.45) is 0.925. The Morgan fingerprint density at radius 3 is 2.44 bits per heavy atom. The van der Waals surface area contributed by atoms with Crippen LogP contribution in [0.25, 0.3) is 0 Å². The Balaban J connectivity index is 1.34. The summed E-state index contributed by atoms with van der Waals surface area (Å²) in [6.45, 7) is 4.12. The van der Waals surface area contributed by atoms with E-state index in [0.717, 1.165) is 43.0 Å². The molecule has 1 aliphatic rings. The normalized spacial score (nSPS) is 16.4. The first-order chi connectivity index (χ1) is 15.6. The van der Waals surface area contributed by atoms with Crippen molar-refractivity contribution in [3.8, 4) is 0 Å². The minimum absolute atomic E-state index is 0.0599. The van der Waals surface area contributed by atoms with Gasteiger partial charge in [0.05, 0.1) is 12.6 Å². The first-order valence-electron chi connectivity index (χ1n) is 10.8. The Labute approximate surface area is 191 Å². The van der Waals surface area contributed by atoms with Crippen LogP contribution in [0.2, 0.25) is 0 Å².